The summed E-state index contributed by atoms with van der Waals surface area (Å²) in [5.74, 6) is -0.940. The first-order chi connectivity index (χ1) is 8.98. The number of aryl methyl sites for hydroxylation is 1. The highest BCUT2D eigenvalue weighted by Crippen LogP contribution is 2.27. The van der Waals surface area contributed by atoms with Crippen LogP contribution in [0.4, 0.5) is 5.69 Å². The Kier molecular flexibility index (Phi) is 5.36. The third-order valence-electron chi connectivity index (χ3n) is 3.89. The maximum absolute atomic E-state index is 11.2. The van der Waals surface area contributed by atoms with Gasteiger partial charge in [0.05, 0.1) is 12.2 Å². The van der Waals surface area contributed by atoms with E-state index in [9.17, 15) is 9.90 Å². The molecule has 0 spiro atoms. The largest absolute Gasteiger partial charge is 0.478 e. The van der Waals surface area contributed by atoms with Crippen LogP contribution in [-0.4, -0.2) is 29.3 Å². The lowest BCUT2D eigenvalue weighted by Crippen LogP contribution is -2.32. The fourth-order valence-electron chi connectivity index (χ4n) is 2.05. The quantitative estimate of drug-likeness (QED) is 0.709. The highest BCUT2D eigenvalue weighted by atomic mass is 16.4. The Morgan fingerprint density at radius 3 is 2.42 bits per heavy atom. The molecule has 4 nitrogen and oxygen atoms in total. The highest BCUT2D eigenvalue weighted by Gasteiger charge is 2.25. The molecule has 0 heterocycles. The number of aliphatic hydroxyl groups excluding tert-OH is 1. The molecule has 3 N–H and O–H groups in total. The van der Waals surface area contributed by atoms with Gasteiger partial charge in [-0.1, -0.05) is 19.9 Å². The highest BCUT2D eigenvalue weighted by molar-refractivity contribution is 5.94. The van der Waals surface area contributed by atoms with Crippen molar-refractivity contribution < 1.29 is 15.0 Å². The number of carboxylic acid groups (broad SMARTS) is 1. The summed E-state index contributed by atoms with van der Waals surface area (Å²) in [5.41, 5.74) is 1.70. The van der Waals surface area contributed by atoms with Crippen LogP contribution in [0.3, 0.4) is 0 Å². The number of hydrogen-bond donors (Lipinski definition) is 3. The van der Waals surface area contributed by atoms with Crippen molar-refractivity contribution >= 4 is 11.7 Å². The van der Waals surface area contributed by atoms with Crippen molar-refractivity contribution in [2.24, 2.45) is 5.41 Å². The monoisotopic (exact) mass is 265 g/mol. The second-order valence-corrected chi connectivity index (χ2v) is 5.07. The zero-order chi connectivity index (χ0) is 14.5. The molecule has 0 saturated heterocycles. The van der Waals surface area contributed by atoms with Gasteiger partial charge in [-0.25, -0.2) is 4.79 Å². The van der Waals surface area contributed by atoms with Crippen molar-refractivity contribution in [2.45, 2.75) is 33.6 Å². The van der Waals surface area contributed by atoms with Crippen LogP contribution in [0, 0.1) is 12.3 Å². The van der Waals surface area contributed by atoms with Gasteiger partial charge in [-0.3, -0.25) is 0 Å². The topological polar surface area (TPSA) is 69.6 Å². The first-order valence-corrected chi connectivity index (χ1v) is 6.66. The average Bonchev–Trinajstić information content (AvgIpc) is 2.40. The normalized spacial score (nSPS) is 11.4. The number of carboxylic acids is 1. The SMILES string of the molecule is CCC(CC)(CO)CNc1cc(C)ccc1C(=O)O. The van der Waals surface area contributed by atoms with Gasteiger partial charge in [0.2, 0.25) is 0 Å². The molecule has 0 aliphatic carbocycles. The maximum Gasteiger partial charge on any atom is 0.337 e. The first-order valence-electron chi connectivity index (χ1n) is 6.66. The zero-order valence-electron chi connectivity index (χ0n) is 11.9. The van der Waals surface area contributed by atoms with E-state index in [1.54, 1.807) is 12.1 Å². The Morgan fingerprint density at radius 1 is 1.32 bits per heavy atom. The van der Waals surface area contributed by atoms with Crippen molar-refractivity contribution in [1.82, 2.24) is 0 Å². The molecular weight excluding hydrogens is 242 g/mol. The summed E-state index contributed by atoms with van der Waals surface area (Å²) in [5, 5.41) is 21.9. The Hall–Kier alpha value is -1.55. The third kappa shape index (κ3) is 3.70. The Bertz CT molecular complexity index is 431. The van der Waals surface area contributed by atoms with E-state index in [2.05, 4.69) is 5.32 Å². The van der Waals surface area contributed by atoms with Crippen molar-refractivity contribution in [3.63, 3.8) is 0 Å². The summed E-state index contributed by atoms with van der Waals surface area (Å²) in [6, 6.07) is 5.23. The molecule has 0 bridgehead atoms. The van der Waals surface area contributed by atoms with Gasteiger partial charge in [-0.05, 0) is 37.5 Å². The van der Waals surface area contributed by atoms with Gasteiger partial charge in [-0.15, -0.1) is 0 Å². The molecule has 19 heavy (non-hydrogen) atoms. The minimum atomic E-state index is -0.940. The summed E-state index contributed by atoms with van der Waals surface area (Å²) in [6.45, 7) is 6.67. The Morgan fingerprint density at radius 2 is 1.95 bits per heavy atom. The number of hydrogen-bond acceptors (Lipinski definition) is 3. The third-order valence-corrected chi connectivity index (χ3v) is 3.89. The molecule has 1 aromatic carbocycles. The summed E-state index contributed by atoms with van der Waals surface area (Å²) in [6.07, 6.45) is 1.70. The number of rotatable bonds is 7. The van der Waals surface area contributed by atoms with E-state index >= 15 is 0 Å². The van der Waals surface area contributed by atoms with Crippen LogP contribution in [0.25, 0.3) is 0 Å². The van der Waals surface area contributed by atoms with Gasteiger partial charge in [0, 0.05) is 17.6 Å². The van der Waals surface area contributed by atoms with E-state index in [0.29, 0.717) is 12.2 Å². The first kappa shape index (κ1) is 15.5. The summed E-state index contributed by atoms with van der Waals surface area (Å²) in [4.78, 5) is 11.2. The summed E-state index contributed by atoms with van der Waals surface area (Å²) < 4.78 is 0. The molecule has 0 radical (unpaired) electrons. The molecule has 106 valence electrons. The van der Waals surface area contributed by atoms with Crippen LogP contribution in [0.1, 0.15) is 42.6 Å². The maximum atomic E-state index is 11.2. The number of carbonyl (C=O) groups is 1. The molecule has 0 aliphatic heterocycles. The lowest BCUT2D eigenvalue weighted by Gasteiger charge is -2.30. The Balaban J connectivity index is 2.93. The van der Waals surface area contributed by atoms with Crippen LogP contribution in [0.15, 0.2) is 18.2 Å². The van der Waals surface area contributed by atoms with Gasteiger partial charge in [0.25, 0.3) is 0 Å². The Labute approximate surface area is 114 Å². The van der Waals surface area contributed by atoms with Crippen molar-refractivity contribution in [1.29, 1.82) is 0 Å². The lowest BCUT2D eigenvalue weighted by molar-refractivity contribution is 0.0698. The molecule has 0 amide bonds. The number of anilines is 1. The molecule has 0 atom stereocenters. The predicted molar refractivity (Wildman–Crippen MR) is 76.7 cm³/mol. The van der Waals surface area contributed by atoms with Crippen LogP contribution >= 0.6 is 0 Å². The molecule has 0 fully saturated rings. The number of aromatic carboxylic acids is 1. The van der Waals surface area contributed by atoms with Crippen molar-refractivity contribution in [3.05, 3.63) is 29.3 Å². The fraction of sp³-hybridized carbons (Fsp3) is 0.533. The molecule has 0 aromatic heterocycles. The molecule has 1 aromatic rings. The fourth-order valence-corrected chi connectivity index (χ4v) is 2.05. The minimum Gasteiger partial charge on any atom is -0.478 e. The zero-order valence-corrected chi connectivity index (χ0v) is 11.9. The second-order valence-electron chi connectivity index (χ2n) is 5.07. The van der Waals surface area contributed by atoms with Crippen LogP contribution in [0.5, 0.6) is 0 Å². The van der Waals surface area contributed by atoms with Crippen LogP contribution < -0.4 is 5.32 Å². The minimum absolute atomic E-state index is 0.0984. The van der Waals surface area contributed by atoms with E-state index in [0.717, 1.165) is 18.4 Å². The van der Waals surface area contributed by atoms with Gasteiger partial charge in [-0.2, -0.15) is 0 Å². The van der Waals surface area contributed by atoms with Crippen LogP contribution in [-0.2, 0) is 0 Å². The van der Waals surface area contributed by atoms with E-state index in [1.165, 1.54) is 0 Å². The van der Waals surface area contributed by atoms with Crippen molar-refractivity contribution in [3.8, 4) is 0 Å². The van der Waals surface area contributed by atoms with Crippen molar-refractivity contribution in [2.75, 3.05) is 18.5 Å². The number of nitrogens with one attached hydrogen (secondary N) is 1. The van der Waals surface area contributed by atoms with Gasteiger partial charge in [0.15, 0.2) is 0 Å². The smallest absolute Gasteiger partial charge is 0.337 e. The van der Waals surface area contributed by atoms with Crippen LogP contribution in [0.2, 0.25) is 0 Å². The predicted octanol–water partition coefficient (Wildman–Crippen LogP) is 2.90. The number of aliphatic hydroxyl groups is 1. The summed E-state index contributed by atoms with van der Waals surface area (Å²) in [7, 11) is 0. The lowest BCUT2D eigenvalue weighted by atomic mass is 9.83. The summed E-state index contributed by atoms with van der Waals surface area (Å²) >= 11 is 0. The molecule has 0 aliphatic rings. The van der Waals surface area contributed by atoms with Gasteiger partial charge < -0.3 is 15.5 Å². The average molecular weight is 265 g/mol. The van der Waals surface area contributed by atoms with E-state index in [1.807, 2.05) is 26.8 Å². The van der Waals surface area contributed by atoms with Gasteiger partial charge >= 0.3 is 5.97 Å². The molecular formula is C15H23NO3. The van der Waals surface area contributed by atoms with E-state index in [4.69, 9.17) is 5.11 Å². The van der Waals surface area contributed by atoms with E-state index in [-0.39, 0.29) is 17.6 Å². The van der Waals surface area contributed by atoms with E-state index < -0.39 is 5.97 Å². The standard InChI is InChI=1S/C15H23NO3/c1-4-15(5-2,10-17)9-16-13-8-11(3)6-7-12(13)14(18)19/h6-8,16-17H,4-5,9-10H2,1-3H3,(H,18,19). The second kappa shape index (κ2) is 6.57. The molecule has 1 rings (SSSR count). The van der Waals surface area contributed by atoms with Gasteiger partial charge in [0.1, 0.15) is 0 Å². The molecule has 0 unspecified atom stereocenters. The number of benzene rings is 1. The molecule has 4 heteroatoms. The molecule has 0 saturated carbocycles.